The van der Waals surface area contributed by atoms with Gasteiger partial charge >= 0.3 is 5.97 Å². The summed E-state index contributed by atoms with van der Waals surface area (Å²) in [6.07, 6.45) is 1.67. The standard InChI is InChI=1S/C13H24O2/c1-7-10(5)13(14)15-11(6)12(8-2)9(3)4/h9,11-12H,5,7-8H2,1-4,6H3. The van der Waals surface area contributed by atoms with Crippen molar-refractivity contribution in [3.05, 3.63) is 12.2 Å². The zero-order chi connectivity index (χ0) is 12.0. The molecule has 2 heteroatoms. The molecule has 0 aromatic heterocycles. The van der Waals surface area contributed by atoms with Crippen molar-refractivity contribution < 1.29 is 9.53 Å². The SMILES string of the molecule is C=C(CC)C(=O)OC(C)C(CC)C(C)C. The van der Waals surface area contributed by atoms with Crippen LogP contribution in [-0.4, -0.2) is 12.1 Å². The molecule has 0 aliphatic carbocycles. The van der Waals surface area contributed by atoms with Gasteiger partial charge in [0.25, 0.3) is 0 Å². The fourth-order valence-corrected chi connectivity index (χ4v) is 1.83. The highest BCUT2D eigenvalue weighted by molar-refractivity contribution is 5.87. The summed E-state index contributed by atoms with van der Waals surface area (Å²) in [5, 5.41) is 0. The highest BCUT2D eigenvalue weighted by atomic mass is 16.5. The van der Waals surface area contributed by atoms with E-state index in [-0.39, 0.29) is 12.1 Å². The Morgan fingerprint density at radius 2 is 1.80 bits per heavy atom. The van der Waals surface area contributed by atoms with Gasteiger partial charge in [0.05, 0.1) is 0 Å². The quantitative estimate of drug-likeness (QED) is 0.497. The zero-order valence-corrected chi connectivity index (χ0v) is 10.7. The Hall–Kier alpha value is -0.790. The van der Waals surface area contributed by atoms with E-state index >= 15 is 0 Å². The van der Waals surface area contributed by atoms with E-state index in [4.69, 9.17) is 4.74 Å². The number of hydrogen-bond donors (Lipinski definition) is 0. The summed E-state index contributed by atoms with van der Waals surface area (Å²) in [7, 11) is 0. The van der Waals surface area contributed by atoms with Crippen LogP contribution >= 0.6 is 0 Å². The predicted octanol–water partition coefficient (Wildman–Crippen LogP) is 3.57. The molecule has 15 heavy (non-hydrogen) atoms. The van der Waals surface area contributed by atoms with Crippen LogP contribution in [0.5, 0.6) is 0 Å². The zero-order valence-electron chi connectivity index (χ0n) is 10.7. The largest absolute Gasteiger partial charge is 0.459 e. The summed E-state index contributed by atoms with van der Waals surface area (Å²) in [4.78, 5) is 11.5. The van der Waals surface area contributed by atoms with Crippen LogP contribution in [0.3, 0.4) is 0 Å². The van der Waals surface area contributed by atoms with Crippen molar-refractivity contribution in [2.45, 2.75) is 53.6 Å². The maximum atomic E-state index is 11.5. The summed E-state index contributed by atoms with van der Waals surface area (Å²) >= 11 is 0. The first-order valence-electron chi connectivity index (χ1n) is 5.82. The minimum absolute atomic E-state index is 0.0224. The number of esters is 1. The first-order chi connectivity index (χ1) is 6.93. The second-order valence-electron chi connectivity index (χ2n) is 4.38. The smallest absolute Gasteiger partial charge is 0.333 e. The lowest BCUT2D eigenvalue weighted by atomic mass is 9.89. The van der Waals surface area contributed by atoms with Crippen LogP contribution in [0.1, 0.15) is 47.5 Å². The Labute approximate surface area is 93.7 Å². The molecule has 2 nitrogen and oxygen atoms in total. The average molecular weight is 212 g/mol. The maximum Gasteiger partial charge on any atom is 0.333 e. The maximum absolute atomic E-state index is 11.5. The summed E-state index contributed by atoms with van der Waals surface area (Å²) in [5.74, 6) is 0.718. The van der Waals surface area contributed by atoms with E-state index < -0.39 is 0 Å². The lowest BCUT2D eigenvalue weighted by Gasteiger charge is -2.26. The molecule has 0 bridgehead atoms. The molecule has 0 saturated heterocycles. The van der Waals surface area contributed by atoms with Crippen LogP contribution in [-0.2, 0) is 9.53 Å². The molecule has 0 amide bonds. The summed E-state index contributed by atoms with van der Waals surface area (Å²) in [5.41, 5.74) is 0.556. The topological polar surface area (TPSA) is 26.3 Å². The fraction of sp³-hybridized carbons (Fsp3) is 0.769. The number of carbonyl (C=O) groups excluding carboxylic acids is 1. The van der Waals surface area contributed by atoms with Gasteiger partial charge in [-0.25, -0.2) is 4.79 Å². The van der Waals surface area contributed by atoms with Gasteiger partial charge in [-0.3, -0.25) is 0 Å². The second-order valence-corrected chi connectivity index (χ2v) is 4.38. The van der Waals surface area contributed by atoms with Crippen molar-refractivity contribution in [2.75, 3.05) is 0 Å². The van der Waals surface area contributed by atoms with Gasteiger partial charge in [0, 0.05) is 5.57 Å². The van der Waals surface area contributed by atoms with E-state index in [0.717, 1.165) is 6.42 Å². The van der Waals surface area contributed by atoms with Gasteiger partial charge in [0.1, 0.15) is 6.10 Å². The van der Waals surface area contributed by atoms with Crippen LogP contribution in [0.4, 0.5) is 0 Å². The van der Waals surface area contributed by atoms with E-state index in [0.29, 0.717) is 23.8 Å². The first kappa shape index (κ1) is 14.2. The molecular formula is C13H24O2. The fourth-order valence-electron chi connectivity index (χ4n) is 1.83. The Morgan fingerprint density at radius 1 is 1.27 bits per heavy atom. The molecule has 0 spiro atoms. The number of ether oxygens (including phenoxy) is 1. The number of hydrogen-bond acceptors (Lipinski definition) is 2. The molecule has 0 fully saturated rings. The monoisotopic (exact) mass is 212 g/mol. The molecule has 0 aliphatic rings. The van der Waals surface area contributed by atoms with E-state index in [1.54, 1.807) is 0 Å². The van der Waals surface area contributed by atoms with Gasteiger partial charge in [0.15, 0.2) is 0 Å². The van der Waals surface area contributed by atoms with Gasteiger partial charge in [-0.1, -0.05) is 34.3 Å². The molecule has 2 atom stereocenters. The molecule has 2 unspecified atom stereocenters. The van der Waals surface area contributed by atoms with E-state index in [2.05, 4.69) is 27.4 Å². The number of carbonyl (C=O) groups is 1. The molecule has 0 aliphatic heterocycles. The molecule has 0 aromatic rings. The molecule has 0 saturated carbocycles. The lowest BCUT2D eigenvalue weighted by Crippen LogP contribution is -2.27. The van der Waals surface area contributed by atoms with E-state index in [1.807, 2.05) is 13.8 Å². The summed E-state index contributed by atoms with van der Waals surface area (Å²) < 4.78 is 5.38. The van der Waals surface area contributed by atoms with E-state index in [1.165, 1.54) is 0 Å². The minimum atomic E-state index is -0.246. The second kappa shape index (κ2) is 6.65. The van der Waals surface area contributed by atoms with Gasteiger partial charge in [-0.05, 0) is 31.6 Å². The minimum Gasteiger partial charge on any atom is -0.459 e. The van der Waals surface area contributed by atoms with Gasteiger partial charge in [0.2, 0.25) is 0 Å². The third kappa shape index (κ3) is 4.50. The normalized spacial score (nSPS) is 14.8. The van der Waals surface area contributed by atoms with Gasteiger partial charge < -0.3 is 4.74 Å². The highest BCUT2D eigenvalue weighted by Gasteiger charge is 2.22. The first-order valence-corrected chi connectivity index (χ1v) is 5.82. The van der Waals surface area contributed by atoms with Crippen molar-refractivity contribution >= 4 is 5.97 Å². The van der Waals surface area contributed by atoms with Crippen LogP contribution in [0, 0.1) is 11.8 Å². The Balaban J connectivity index is 4.27. The van der Waals surface area contributed by atoms with E-state index in [9.17, 15) is 4.79 Å². The Kier molecular flexibility index (Phi) is 6.30. The predicted molar refractivity (Wildman–Crippen MR) is 63.6 cm³/mol. The van der Waals surface area contributed by atoms with Crippen molar-refractivity contribution in [3.8, 4) is 0 Å². The third-order valence-electron chi connectivity index (χ3n) is 2.94. The van der Waals surface area contributed by atoms with Gasteiger partial charge in [-0.2, -0.15) is 0 Å². The molecule has 0 aromatic carbocycles. The Bertz CT molecular complexity index is 219. The molecule has 0 radical (unpaired) electrons. The van der Waals surface area contributed by atoms with Crippen LogP contribution in [0.2, 0.25) is 0 Å². The lowest BCUT2D eigenvalue weighted by molar-refractivity contribution is -0.147. The van der Waals surface area contributed by atoms with Crippen molar-refractivity contribution in [3.63, 3.8) is 0 Å². The molecule has 0 rings (SSSR count). The van der Waals surface area contributed by atoms with Crippen molar-refractivity contribution in [1.29, 1.82) is 0 Å². The van der Waals surface area contributed by atoms with Crippen LogP contribution in [0.25, 0.3) is 0 Å². The number of rotatable bonds is 6. The van der Waals surface area contributed by atoms with Gasteiger partial charge in [-0.15, -0.1) is 0 Å². The average Bonchev–Trinajstić information content (AvgIpc) is 2.16. The molecule has 88 valence electrons. The molecular weight excluding hydrogens is 188 g/mol. The van der Waals surface area contributed by atoms with Crippen molar-refractivity contribution in [2.24, 2.45) is 11.8 Å². The summed E-state index contributed by atoms with van der Waals surface area (Å²) in [6.45, 7) is 14.0. The highest BCUT2D eigenvalue weighted by Crippen LogP contribution is 2.22. The summed E-state index contributed by atoms with van der Waals surface area (Å²) in [6, 6.07) is 0. The molecule has 0 heterocycles. The third-order valence-corrected chi connectivity index (χ3v) is 2.94. The van der Waals surface area contributed by atoms with Crippen molar-refractivity contribution in [1.82, 2.24) is 0 Å². The molecule has 0 N–H and O–H groups in total. The van der Waals surface area contributed by atoms with Crippen LogP contribution in [0.15, 0.2) is 12.2 Å². The van der Waals surface area contributed by atoms with Crippen LogP contribution < -0.4 is 0 Å². The Morgan fingerprint density at radius 3 is 2.13 bits per heavy atom.